The summed E-state index contributed by atoms with van der Waals surface area (Å²) < 4.78 is 5.49. The number of aliphatic hydroxyl groups is 1. The van der Waals surface area contributed by atoms with Gasteiger partial charge in [-0.05, 0) is 46.9 Å². The Morgan fingerprint density at radius 1 is 1.03 bits per heavy atom. The van der Waals surface area contributed by atoms with Gasteiger partial charge in [-0.3, -0.25) is 19.5 Å². The topological polar surface area (TPSA) is 79.7 Å². The van der Waals surface area contributed by atoms with E-state index >= 15 is 0 Å². The number of anilines is 1. The van der Waals surface area contributed by atoms with Gasteiger partial charge in [-0.25, -0.2) is 0 Å². The van der Waals surface area contributed by atoms with Crippen molar-refractivity contribution in [3.63, 3.8) is 0 Å². The van der Waals surface area contributed by atoms with E-state index in [1.165, 1.54) is 12.0 Å². The lowest BCUT2D eigenvalue weighted by Crippen LogP contribution is -2.29. The van der Waals surface area contributed by atoms with Crippen LogP contribution in [0.4, 0.5) is 5.69 Å². The van der Waals surface area contributed by atoms with Gasteiger partial charge in [0.2, 0.25) is 0 Å². The number of nitrogens with zero attached hydrogens (tertiary/aromatic N) is 2. The lowest BCUT2D eigenvalue weighted by Gasteiger charge is -2.25. The number of carbonyl (C=O) groups is 2. The third-order valence-corrected chi connectivity index (χ3v) is 5.80. The molecule has 1 aliphatic rings. The van der Waals surface area contributed by atoms with Crippen LogP contribution >= 0.6 is 0 Å². The molecule has 4 rings (SSSR count). The number of hydrogen-bond acceptors (Lipinski definition) is 5. The lowest BCUT2D eigenvalue weighted by atomic mass is 9.85. The quantitative estimate of drug-likeness (QED) is 0.349. The molecule has 3 aromatic rings. The summed E-state index contributed by atoms with van der Waals surface area (Å²) >= 11 is 0. The molecule has 0 saturated carbocycles. The Labute approximate surface area is 193 Å². The summed E-state index contributed by atoms with van der Waals surface area (Å²) in [4.78, 5) is 32.1. The number of pyridine rings is 1. The van der Waals surface area contributed by atoms with Crippen molar-refractivity contribution in [2.75, 3.05) is 12.0 Å². The summed E-state index contributed by atoms with van der Waals surface area (Å²) in [5.74, 6) is -1.32. The van der Waals surface area contributed by atoms with Gasteiger partial charge in [-0.2, -0.15) is 0 Å². The van der Waals surface area contributed by atoms with Gasteiger partial charge in [-0.1, -0.05) is 51.1 Å². The molecule has 33 heavy (non-hydrogen) atoms. The van der Waals surface area contributed by atoms with Crippen LogP contribution in [0.1, 0.15) is 43.5 Å². The van der Waals surface area contributed by atoms with E-state index in [9.17, 15) is 14.7 Å². The van der Waals surface area contributed by atoms with Crippen LogP contribution in [0, 0.1) is 0 Å². The van der Waals surface area contributed by atoms with E-state index in [4.69, 9.17) is 4.74 Å². The zero-order chi connectivity index (χ0) is 23.8. The van der Waals surface area contributed by atoms with Gasteiger partial charge in [-0.15, -0.1) is 0 Å². The van der Waals surface area contributed by atoms with Crippen molar-refractivity contribution in [2.45, 2.75) is 32.2 Å². The Kier molecular flexibility index (Phi) is 5.77. The number of carbonyl (C=O) groups excluding carboxylic acids is 2. The SMILES string of the molecule is COc1ccc(C(C)(C)C)cc1/C(O)=C1\C(=O)C(=O)N(c2ccccc2)C1c1cccnc1. The molecule has 1 atom stereocenters. The molecule has 6 heteroatoms. The first-order chi connectivity index (χ1) is 15.7. The van der Waals surface area contributed by atoms with E-state index in [1.54, 1.807) is 54.9 Å². The van der Waals surface area contributed by atoms with Gasteiger partial charge in [0.15, 0.2) is 0 Å². The predicted molar refractivity (Wildman–Crippen MR) is 127 cm³/mol. The predicted octanol–water partition coefficient (Wildman–Crippen LogP) is 5.01. The number of para-hydroxylation sites is 1. The molecular formula is C27H26N2O4. The average Bonchev–Trinajstić information content (AvgIpc) is 3.09. The second-order valence-corrected chi connectivity index (χ2v) is 8.96. The van der Waals surface area contributed by atoms with Gasteiger partial charge in [0.05, 0.1) is 24.3 Å². The molecule has 1 fully saturated rings. The first-order valence-corrected chi connectivity index (χ1v) is 10.7. The van der Waals surface area contributed by atoms with E-state index in [0.29, 0.717) is 22.6 Å². The second kappa shape index (κ2) is 8.54. The number of hydrogen-bond donors (Lipinski definition) is 1. The average molecular weight is 443 g/mol. The monoisotopic (exact) mass is 442 g/mol. The summed E-state index contributed by atoms with van der Waals surface area (Å²) in [5, 5.41) is 11.5. The number of ketones is 1. The minimum absolute atomic E-state index is 0.00112. The molecule has 1 N–H and O–H groups in total. The van der Waals surface area contributed by atoms with Crippen molar-refractivity contribution in [1.82, 2.24) is 4.98 Å². The smallest absolute Gasteiger partial charge is 0.300 e. The molecule has 2 aromatic carbocycles. The van der Waals surface area contributed by atoms with Crippen LogP contribution < -0.4 is 9.64 Å². The van der Waals surface area contributed by atoms with E-state index in [2.05, 4.69) is 25.8 Å². The summed E-state index contributed by atoms with van der Waals surface area (Å²) in [6.07, 6.45) is 3.22. The number of rotatable bonds is 4. The van der Waals surface area contributed by atoms with Crippen LogP contribution in [-0.2, 0) is 15.0 Å². The summed E-state index contributed by atoms with van der Waals surface area (Å²) in [6, 6.07) is 17.1. The fourth-order valence-electron chi connectivity index (χ4n) is 4.05. The standard InChI is InChI=1S/C27H26N2O4/c1-27(2,3)18-12-13-21(33-4)20(15-18)24(30)22-23(17-9-8-14-28-16-17)29(26(32)25(22)31)19-10-6-5-7-11-19/h5-16,23,30H,1-4H3/b24-22+. The second-order valence-electron chi connectivity index (χ2n) is 8.96. The molecule has 2 heterocycles. The fraction of sp³-hybridized carbons (Fsp3) is 0.222. The highest BCUT2D eigenvalue weighted by atomic mass is 16.5. The minimum Gasteiger partial charge on any atom is -0.507 e. The first-order valence-electron chi connectivity index (χ1n) is 10.7. The van der Waals surface area contributed by atoms with Crippen LogP contribution in [0.15, 0.2) is 78.6 Å². The Hall–Kier alpha value is -3.93. The Morgan fingerprint density at radius 3 is 2.36 bits per heavy atom. The molecular weight excluding hydrogens is 416 g/mol. The number of aromatic nitrogens is 1. The Morgan fingerprint density at radius 2 is 1.76 bits per heavy atom. The first kappa shape index (κ1) is 22.3. The van der Waals surface area contributed by atoms with Crippen molar-refractivity contribution < 1.29 is 19.4 Å². The highest BCUT2D eigenvalue weighted by Crippen LogP contribution is 2.43. The number of methoxy groups -OCH3 is 1. The van der Waals surface area contributed by atoms with Crippen molar-refractivity contribution in [1.29, 1.82) is 0 Å². The zero-order valence-electron chi connectivity index (χ0n) is 19.1. The van der Waals surface area contributed by atoms with Crippen molar-refractivity contribution in [3.05, 3.63) is 95.3 Å². The number of benzene rings is 2. The summed E-state index contributed by atoms with van der Waals surface area (Å²) in [7, 11) is 1.50. The molecule has 168 valence electrons. The molecule has 1 amide bonds. The van der Waals surface area contributed by atoms with Gasteiger partial charge in [0.1, 0.15) is 11.5 Å². The van der Waals surface area contributed by atoms with E-state index in [1.807, 2.05) is 18.2 Å². The number of amides is 1. The Bertz CT molecular complexity index is 1230. The maximum Gasteiger partial charge on any atom is 0.300 e. The van der Waals surface area contributed by atoms with Gasteiger partial charge < -0.3 is 9.84 Å². The third-order valence-electron chi connectivity index (χ3n) is 5.80. The number of aliphatic hydroxyl groups excluding tert-OH is 1. The van der Waals surface area contributed by atoms with Crippen LogP contribution in [0.2, 0.25) is 0 Å². The van der Waals surface area contributed by atoms with Gasteiger partial charge in [0.25, 0.3) is 11.7 Å². The number of ether oxygens (including phenoxy) is 1. The molecule has 6 nitrogen and oxygen atoms in total. The van der Waals surface area contributed by atoms with Crippen LogP contribution in [-0.4, -0.2) is 28.9 Å². The maximum absolute atomic E-state index is 13.3. The fourth-order valence-corrected chi connectivity index (χ4v) is 4.05. The van der Waals surface area contributed by atoms with Gasteiger partial charge in [0, 0.05) is 18.1 Å². The molecule has 1 aliphatic heterocycles. The van der Waals surface area contributed by atoms with Crippen molar-refractivity contribution in [3.8, 4) is 5.75 Å². The molecule has 0 spiro atoms. The molecule has 0 aliphatic carbocycles. The minimum atomic E-state index is -0.830. The maximum atomic E-state index is 13.3. The highest BCUT2D eigenvalue weighted by Gasteiger charge is 2.47. The molecule has 1 saturated heterocycles. The van der Waals surface area contributed by atoms with Crippen LogP contribution in [0.5, 0.6) is 5.75 Å². The third kappa shape index (κ3) is 4.00. The highest BCUT2D eigenvalue weighted by molar-refractivity contribution is 6.51. The summed E-state index contributed by atoms with van der Waals surface area (Å²) in [6.45, 7) is 6.17. The van der Waals surface area contributed by atoms with Crippen LogP contribution in [0.3, 0.4) is 0 Å². The van der Waals surface area contributed by atoms with E-state index in [0.717, 1.165) is 5.56 Å². The number of Topliss-reactive ketones (excluding diaryl/α,β-unsaturated/α-hetero) is 1. The molecule has 0 radical (unpaired) electrons. The Balaban J connectivity index is 1.98. The van der Waals surface area contributed by atoms with Crippen molar-refractivity contribution in [2.24, 2.45) is 0 Å². The van der Waals surface area contributed by atoms with Crippen molar-refractivity contribution >= 4 is 23.1 Å². The zero-order valence-corrected chi connectivity index (χ0v) is 19.1. The lowest BCUT2D eigenvalue weighted by molar-refractivity contribution is -0.132. The molecule has 1 unspecified atom stereocenters. The van der Waals surface area contributed by atoms with Gasteiger partial charge >= 0.3 is 0 Å². The van der Waals surface area contributed by atoms with E-state index in [-0.39, 0.29) is 16.7 Å². The van der Waals surface area contributed by atoms with E-state index < -0.39 is 17.7 Å². The van der Waals surface area contributed by atoms with Crippen LogP contribution in [0.25, 0.3) is 5.76 Å². The molecule has 1 aromatic heterocycles. The summed E-state index contributed by atoms with van der Waals surface area (Å²) in [5.41, 5.74) is 2.31. The molecule has 0 bridgehead atoms. The largest absolute Gasteiger partial charge is 0.507 e. The normalized spacial score (nSPS) is 17.9.